The number of methoxy groups -OCH3 is 1. The van der Waals surface area contributed by atoms with E-state index >= 15 is 0 Å². The van der Waals surface area contributed by atoms with Crippen LogP contribution in [0.4, 0.5) is 0 Å². The van der Waals surface area contributed by atoms with Crippen molar-refractivity contribution in [3.05, 3.63) is 64.2 Å². The van der Waals surface area contributed by atoms with Gasteiger partial charge in [-0.25, -0.2) is 9.67 Å². The van der Waals surface area contributed by atoms with E-state index in [4.69, 9.17) is 15.7 Å². The molecule has 124 valence electrons. The highest BCUT2D eigenvalue weighted by Crippen LogP contribution is 2.28. The summed E-state index contributed by atoms with van der Waals surface area (Å²) in [4.78, 5) is 27.9. The minimum Gasteiger partial charge on any atom is -0.496 e. The molecule has 0 bridgehead atoms. The molecule has 0 aliphatic carbocycles. The van der Waals surface area contributed by atoms with Gasteiger partial charge >= 0.3 is 0 Å². The Bertz CT molecular complexity index is 1040. The van der Waals surface area contributed by atoms with E-state index in [1.54, 1.807) is 18.2 Å². The summed E-state index contributed by atoms with van der Waals surface area (Å²) in [5.41, 5.74) is 6.42. The van der Waals surface area contributed by atoms with Gasteiger partial charge < -0.3 is 10.5 Å². The van der Waals surface area contributed by atoms with Crippen LogP contribution in [0.5, 0.6) is 5.75 Å². The molecule has 0 unspecified atom stereocenters. The standard InChI is InChI=1S/C17H13N5O3/c1-25-14-6-10(7-18)2-4-12(14)13-9-21-22(17(13)24)15-5-3-11(8-20-15)16(19)23/h2-6,8-9,21H,1H3,(H2,19,23). The number of pyridine rings is 1. The second kappa shape index (κ2) is 6.33. The number of nitrogens with zero attached hydrogens (tertiary/aromatic N) is 3. The average molecular weight is 335 g/mol. The van der Waals surface area contributed by atoms with E-state index in [1.165, 1.54) is 36.3 Å². The predicted molar refractivity (Wildman–Crippen MR) is 89.4 cm³/mol. The number of nitrogens with two attached hydrogens (primary N) is 1. The van der Waals surface area contributed by atoms with E-state index in [0.717, 1.165) is 0 Å². The lowest BCUT2D eigenvalue weighted by molar-refractivity contribution is 0.1000. The normalized spacial score (nSPS) is 10.2. The molecule has 0 saturated carbocycles. The first kappa shape index (κ1) is 16.0. The van der Waals surface area contributed by atoms with Gasteiger partial charge in [-0.05, 0) is 30.3 Å². The number of primary amides is 1. The fraction of sp³-hybridized carbons (Fsp3) is 0.0588. The summed E-state index contributed by atoms with van der Waals surface area (Å²) in [5, 5.41) is 11.8. The molecule has 0 atom stereocenters. The molecule has 0 saturated heterocycles. The number of H-pyrrole nitrogens is 1. The molecule has 2 aromatic heterocycles. The Hall–Kier alpha value is -3.86. The number of amides is 1. The topological polar surface area (TPSA) is 127 Å². The molecule has 3 rings (SSSR count). The van der Waals surface area contributed by atoms with Crippen molar-refractivity contribution in [3.63, 3.8) is 0 Å². The van der Waals surface area contributed by atoms with Crippen molar-refractivity contribution in [2.24, 2.45) is 5.73 Å². The smallest absolute Gasteiger partial charge is 0.280 e. The third-order valence-corrected chi connectivity index (χ3v) is 3.65. The fourth-order valence-corrected chi connectivity index (χ4v) is 2.38. The summed E-state index contributed by atoms with van der Waals surface area (Å²) in [6.45, 7) is 0. The van der Waals surface area contributed by atoms with Gasteiger partial charge in [0.1, 0.15) is 5.75 Å². The van der Waals surface area contributed by atoms with Crippen LogP contribution in [0.25, 0.3) is 16.9 Å². The SMILES string of the molecule is COc1cc(C#N)ccc1-c1c[nH]n(-c2ccc(C(N)=O)cn2)c1=O. The number of nitrogens with one attached hydrogen (secondary N) is 1. The first-order chi connectivity index (χ1) is 12.0. The van der Waals surface area contributed by atoms with Gasteiger partial charge in [0.2, 0.25) is 5.91 Å². The second-order valence-corrected chi connectivity index (χ2v) is 5.12. The minimum atomic E-state index is -0.596. The summed E-state index contributed by atoms with van der Waals surface area (Å²) in [6.07, 6.45) is 2.82. The molecule has 2 heterocycles. The lowest BCUT2D eigenvalue weighted by Crippen LogP contribution is -2.18. The molecule has 3 N–H and O–H groups in total. The number of hydrogen-bond acceptors (Lipinski definition) is 5. The van der Waals surface area contributed by atoms with Crippen molar-refractivity contribution in [2.75, 3.05) is 7.11 Å². The highest BCUT2D eigenvalue weighted by atomic mass is 16.5. The average Bonchev–Trinajstić information content (AvgIpc) is 3.02. The lowest BCUT2D eigenvalue weighted by Gasteiger charge is -2.06. The van der Waals surface area contributed by atoms with E-state index < -0.39 is 5.91 Å². The molecule has 3 aromatic rings. The Morgan fingerprint density at radius 3 is 2.72 bits per heavy atom. The van der Waals surface area contributed by atoms with E-state index in [0.29, 0.717) is 28.3 Å². The Balaban J connectivity index is 2.06. The van der Waals surface area contributed by atoms with Crippen molar-refractivity contribution in [3.8, 4) is 28.8 Å². The molecular weight excluding hydrogens is 322 g/mol. The third-order valence-electron chi connectivity index (χ3n) is 3.65. The maximum Gasteiger partial charge on any atom is 0.280 e. The van der Waals surface area contributed by atoms with Gasteiger partial charge in [0, 0.05) is 18.0 Å². The largest absolute Gasteiger partial charge is 0.496 e. The summed E-state index contributed by atoms with van der Waals surface area (Å²) in [6, 6.07) is 9.84. The molecule has 1 aromatic carbocycles. The van der Waals surface area contributed by atoms with E-state index in [-0.39, 0.29) is 11.1 Å². The van der Waals surface area contributed by atoms with Crippen molar-refractivity contribution >= 4 is 5.91 Å². The molecule has 8 heteroatoms. The second-order valence-electron chi connectivity index (χ2n) is 5.12. The highest BCUT2D eigenvalue weighted by Gasteiger charge is 2.15. The van der Waals surface area contributed by atoms with Gasteiger partial charge in [-0.2, -0.15) is 5.26 Å². The summed E-state index contributed by atoms with van der Waals surface area (Å²) in [7, 11) is 1.47. The van der Waals surface area contributed by atoms with Crippen molar-refractivity contribution in [1.29, 1.82) is 5.26 Å². The van der Waals surface area contributed by atoms with Crippen molar-refractivity contribution < 1.29 is 9.53 Å². The maximum absolute atomic E-state index is 12.7. The number of benzene rings is 1. The molecule has 0 radical (unpaired) electrons. The first-order valence-corrected chi connectivity index (χ1v) is 7.20. The molecule has 0 aliphatic heterocycles. The molecule has 0 spiro atoms. The lowest BCUT2D eigenvalue weighted by atomic mass is 10.1. The zero-order valence-electron chi connectivity index (χ0n) is 13.2. The number of rotatable bonds is 4. The summed E-state index contributed by atoms with van der Waals surface area (Å²) >= 11 is 0. The number of nitriles is 1. The van der Waals surface area contributed by atoms with Crippen LogP contribution in [-0.4, -0.2) is 27.8 Å². The van der Waals surface area contributed by atoms with Crippen LogP contribution in [0.2, 0.25) is 0 Å². The number of hydrogen-bond donors (Lipinski definition) is 2. The molecule has 8 nitrogen and oxygen atoms in total. The number of aromatic nitrogens is 3. The van der Waals surface area contributed by atoms with E-state index in [2.05, 4.69) is 10.1 Å². The quantitative estimate of drug-likeness (QED) is 0.741. The van der Waals surface area contributed by atoms with Crippen LogP contribution in [0, 0.1) is 11.3 Å². The van der Waals surface area contributed by atoms with Crippen molar-refractivity contribution in [2.45, 2.75) is 0 Å². The number of carbonyl (C=O) groups is 1. The van der Waals surface area contributed by atoms with Crippen LogP contribution in [0.1, 0.15) is 15.9 Å². The van der Waals surface area contributed by atoms with Crippen LogP contribution < -0.4 is 16.0 Å². The monoisotopic (exact) mass is 335 g/mol. The molecule has 0 fully saturated rings. The third kappa shape index (κ3) is 2.86. The van der Waals surface area contributed by atoms with E-state index in [9.17, 15) is 9.59 Å². The maximum atomic E-state index is 12.7. The van der Waals surface area contributed by atoms with Gasteiger partial charge in [-0.3, -0.25) is 14.7 Å². The number of aromatic amines is 1. The molecule has 0 aliphatic rings. The van der Waals surface area contributed by atoms with Gasteiger partial charge in [-0.15, -0.1) is 0 Å². The molecular formula is C17H13N5O3. The Morgan fingerprint density at radius 1 is 1.32 bits per heavy atom. The Labute approximate surface area is 142 Å². The Morgan fingerprint density at radius 2 is 2.12 bits per heavy atom. The van der Waals surface area contributed by atoms with Crippen LogP contribution in [0.3, 0.4) is 0 Å². The minimum absolute atomic E-state index is 0.248. The van der Waals surface area contributed by atoms with Crippen LogP contribution in [0.15, 0.2) is 47.5 Å². The van der Waals surface area contributed by atoms with Gasteiger partial charge in [0.25, 0.3) is 5.56 Å². The zero-order chi connectivity index (χ0) is 18.0. The van der Waals surface area contributed by atoms with Crippen LogP contribution >= 0.6 is 0 Å². The highest BCUT2D eigenvalue weighted by molar-refractivity contribution is 5.92. The van der Waals surface area contributed by atoms with Gasteiger partial charge in [-0.1, -0.05) is 0 Å². The predicted octanol–water partition coefficient (Wildman–Crippen LogP) is 1.21. The fourth-order valence-electron chi connectivity index (χ4n) is 2.38. The van der Waals surface area contributed by atoms with Gasteiger partial charge in [0.15, 0.2) is 5.82 Å². The number of ether oxygens (including phenoxy) is 1. The first-order valence-electron chi connectivity index (χ1n) is 7.20. The summed E-state index contributed by atoms with van der Waals surface area (Å²) < 4.78 is 6.51. The van der Waals surface area contributed by atoms with Gasteiger partial charge in [0.05, 0.1) is 29.9 Å². The number of carbonyl (C=O) groups excluding carboxylic acids is 1. The van der Waals surface area contributed by atoms with Crippen LogP contribution in [-0.2, 0) is 0 Å². The molecule has 25 heavy (non-hydrogen) atoms. The summed E-state index contributed by atoms with van der Waals surface area (Å²) in [5.74, 6) is 0.133. The zero-order valence-corrected chi connectivity index (χ0v) is 13.2. The van der Waals surface area contributed by atoms with E-state index in [1.807, 2.05) is 6.07 Å². The van der Waals surface area contributed by atoms with Crippen molar-refractivity contribution in [1.82, 2.24) is 14.8 Å². The molecule has 1 amide bonds. The Kier molecular flexibility index (Phi) is 4.05.